The Balaban J connectivity index is 0.000000795. The predicted octanol–water partition coefficient (Wildman–Crippen LogP) is 6.20. The van der Waals surface area contributed by atoms with E-state index in [9.17, 15) is 14.0 Å². The van der Waals surface area contributed by atoms with Crippen molar-refractivity contribution >= 4 is 29.0 Å². The Labute approximate surface area is 203 Å². The highest BCUT2D eigenvalue weighted by Gasteiger charge is 2.16. The zero-order chi connectivity index (χ0) is 25.5. The zero-order valence-electron chi connectivity index (χ0n) is 20.3. The van der Waals surface area contributed by atoms with E-state index in [0.29, 0.717) is 40.1 Å². The standard InChI is InChI=1S/C24H19FN2O4.C3H9N/c1-14-3-8-23(26-12-14)27-24(29)17-9-21(20-11-19(13-28)31-22(20)10-17)30-18-6-4-16(5-7-18)15(2)25;1-4(2)3/h3-13,15H,1-2H3,(H,26,27,29);1-3H3. The molecule has 0 spiro atoms. The number of halogens is 1. The van der Waals surface area contributed by atoms with Crippen molar-refractivity contribution in [2.24, 2.45) is 0 Å². The van der Waals surface area contributed by atoms with E-state index >= 15 is 0 Å². The van der Waals surface area contributed by atoms with Gasteiger partial charge in [-0.05, 0) is 82.5 Å². The van der Waals surface area contributed by atoms with Crippen LogP contribution in [0, 0.1) is 6.92 Å². The van der Waals surface area contributed by atoms with E-state index in [1.165, 1.54) is 13.0 Å². The van der Waals surface area contributed by atoms with Gasteiger partial charge < -0.3 is 19.4 Å². The van der Waals surface area contributed by atoms with E-state index in [-0.39, 0.29) is 11.3 Å². The van der Waals surface area contributed by atoms with Crippen molar-refractivity contribution in [1.29, 1.82) is 0 Å². The highest BCUT2D eigenvalue weighted by atomic mass is 19.1. The molecule has 0 bridgehead atoms. The Bertz CT molecular complexity index is 1290. The lowest BCUT2D eigenvalue weighted by Crippen LogP contribution is -2.13. The lowest BCUT2D eigenvalue weighted by atomic mass is 10.1. The first-order chi connectivity index (χ1) is 16.7. The fourth-order valence-electron chi connectivity index (χ4n) is 3.06. The van der Waals surface area contributed by atoms with E-state index in [2.05, 4.69) is 10.3 Å². The Kier molecular flexibility index (Phi) is 8.33. The summed E-state index contributed by atoms with van der Waals surface area (Å²) >= 11 is 0. The Morgan fingerprint density at radius 3 is 2.37 bits per heavy atom. The van der Waals surface area contributed by atoms with Crippen molar-refractivity contribution in [2.45, 2.75) is 20.0 Å². The molecule has 0 aliphatic carbocycles. The third-order valence-electron chi connectivity index (χ3n) is 4.72. The lowest BCUT2D eigenvalue weighted by molar-refractivity contribution is 0.102. The second-order valence-corrected chi connectivity index (χ2v) is 8.46. The van der Waals surface area contributed by atoms with E-state index in [4.69, 9.17) is 9.15 Å². The molecule has 2 aromatic carbocycles. The minimum atomic E-state index is -1.09. The summed E-state index contributed by atoms with van der Waals surface area (Å²) in [5, 5.41) is 3.26. The van der Waals surface area contributed by atoms with Gasteiger partial charge in [-0.3, -0.25) is 9.59 Å². The fraction of sp³-hybridized carbons (Fsp3) is 0.222. The van der Waals surface area contributed by atoms with Crippen LogP contribution < -0.4 is 10.1 Å². The van der Waals surface area contributed by atoms with Gasteiger partial charge in [0.2, 0.25) is 0 Å². The molecular weight excluding hydrogens is 449 g/mol. The molecule has 1 atom stereocenters. The number of benzene rings is 2. The maximum absolute atomic E-state index is 13.4. The van der Waals surface area contributed by atoms with Crippen molar-refractivity contribution in [2.75, 3.05) is 26.5 Å². The van der Waals surface area contributed by atoms with Crippen LogP contribution in [0.3, 0.4) is 0 Å². The number of pyridine rings is 1. The number of nitrogens with one attached hydrogen (secondary N) is 1. The molecule has 2 aromatic heterocycles. The minimum Gasteiger partial charge on any atom is -0.457 e. The van der Waals surface area contributed by atoms with Gasteiger partial charge in [0.05, 0.1) is 5.39 Å². The minimum absolute atomic E-state index is 0.110. The van der Waals surface area contributed by atoms with E-state index in [1.54, 1.807) is 48.7 Å². The molecule has 2 heterocycles. The van der Waals surface area contributed by atoms with E-state index < -0.39 is 12.1 Å². The summed E-state index contributed by atoms with van der Waals surface area (Å²) in [6, 6.07) is 14.7. The first-order valence-electron chi connectivity index (χ1n) is 11.0. The molecular formula is C27H28FN3O4. The Morgan fingerprint density at radius 1 is 1.11 bits per heavy atom. The summed E-state index contributed by atoms with van der Waals surface area (Å²) in [7, 11) is 6.00. The molecule has 0 aliphatic rings. The maximum Gasteiger partial charge on any atom is 0.257 e. The van der Waals surface area contributed by atoms with Crippen LogP contribution in [0.25, 0.3) is 11.0 Å². The van der Waals surface area contributed by atoms with Gasteiger partial charge in [0.1, 0.15) is 29.1 Å². The predicted molar refractivity (Wildman–Crippen MR) is 134 cm³/mol. The molecule has 4 aromatic rings. The number of amides is 1. The molecule has 7 nitrogen and oxygen atoms in total. The average Bonchev–Trinajstić information content (AvgIpc) is 3.24. The number of rotatable bonds is 6. The SMILES string of the molecule is CN(C)C.Cc1ccc(NC(=O)c2cc(Oc3ccc(C(C)F)cc3)c3cc(C=O)oc3c2)nc1. The molecule has 1 unspecified atom stereocenters. The zero-order valence-corrected chi connectivity index (χ0v) is 20.3. The number of hydrogen-bond donors (Lipinski definition) is 1. The molecule has 0 radical (unpaired) electrons. The monoisotopic (exact) mass is 477 g/mol. The van der Waals surface area contributed by atoms with E-state index in [0.717, 1.165) is 5.56 Å². The molecule has 4 rings (SSSR count). The molecule has 182 valence electrons. The molecule has 0 saturated carbocycles. The number of aldehydes is 1. The highest BCUT2D eigenvalue weighted by molar-refractivity contribution is 6.07. The molecule has 1 amide bonds. The van der Waals surface area contributed by atoms with Gasteiger partial charge in [0.25, 0.3) is 5.91 Å². The summed E-state index contributed by atoms with van der Waals surface area (Å²) in [6.07, 6.45) is 1.14. The van der Waals surface area contributed by atoms with Crippen molar-refractivity contribution in [3.05, 3.63) is 83.2 Å². The number of hydrogen-bond acceptors (Lipinski definition) is 6. The number of aromatic nitrogens is 1. The number of carbonyl (C=O) groups excluding carboxylic acids is 2. The number of nitrogens with zero attached hydrogens (tertiary/aromatic N) is 2. The first kappa shape index (κ1) is 25.6. The topological polar surface area (TPSA) is 84.7 Å². The van der Waals surface area contributed by atoms with Gasteiger partial charge in [-0.1, -0.05) is 18.2 Å². The number of anilines is 1. The summed E-state index contributed by atoms with van der Waals surface area (Å²) in [6.45, 7) is 3.36. The van der Waals surface area contributed by atoms with Crippen LogP contribution >= 0.6 is 0 Å². The van der Waals surface area contributed by atoms with Crippen molar-refractivity contribution in [1.82, 2.24) is 9.88 Å². The molecule has 35 heavy (non-hydrogen) atoms. The molecule has 0 saturated heterocycles. The average molecular weight is 478 g/mol. The number of alkyl halides is 1. The van der Waals surface area contributed by atoms with E-state index in [1.807, 2.05) is 39.0 Å². The number of carbonyl (C=O) groups is 2. The smallest absolute Gasteiger partial charge is 0.257 e. The largest absolute Gasteiger partial charge is 0.457 e. The van der Waals surface area contributed by atoms with Crippen molar-refractivity contribution in [3.63, 3.8) is 0 Å². The third kappa shape index (κ3) is 6.97. The van der Waals surface area contributed by atoms with Crippen LogP contribution in [0.5, 0.6) is 11.5 Å². The summed E-state index contributed by atoms with van der Waals surface area (Å²) in [5.74, 6) is 0.893. The van der Waals surface area contributed by atoms with Crippen LogP contribution in [-0.4, -0.2) is 43.2 Å². The second-order valence-electron chi connectivity index (χ2n) is 8.46. The Hall–Kier alpha value is -4.04. The molecule has 0 aliphatic heterocycles. The maximum atomic E-state index is 13.4. The summed E-state index contributed by atoms with van der Waals surface area (Å²) in [4.78, 5) is 30.1. The summed E-state index contributed by atoms with van der Waals surface area (Å²) < 4.78 is 24.9. The van der Waals surface area contributed by atoms with Crippen molar-refractivity contribution in [3.8, 4) is 11.5 Å². The van der Waals surface area contributed by atoms with Crippen LogP contribution in [-0.2, 0) is 0 Å². The van der Waals surface area contributed by atoms with Crippen LogP contribution in [0.15, 0.2) is 65.2 Å². The van der Waals surface area contributed by atoms with Crippen LogP contribution in [0.2, 0.25) is 0 Å². The Morgan fingerprint density at radius 2 is 1.80 bits per heavy atom. The highest BCUT2D eigenvalue weighted by Crippen LogP contribution is 2.34. The molecule has 1 N–H and O–H groups in total. The first-order valence-corrected chi connectivity index (χ1v) is 11.0. The van der Waals surface area contributed by atoms with Crippen LogP contribution in [0.1, 0.15) is 45.1 Å². The molecule has 8 heteroatoms. The normalized spacial score (nSPS) is 11.5. The third-order valence-corrected chi connectivity index (χ3v) is 4.72. The van der Waals surface area contributed by atoms with Gasteiger partial charge in [-0.15, -0.1) is 0 Å². The number of fused-ring (bicyclic) bond motifs is 1. The lowest BCUT2D eigenvalue weighted by Gasteiger charge is -2.10. The van der Waals surface area contributed by atoms with Gasteiger partial charge in [-0.25, -0.2) is 9.37 Å². The van der Waals surface area contributed by atoms with Crippen LogP contribution in [0.4, 0.5) is 10.2 Å². The molecule has 0 fully saturated rings. The number of aryl methyl sites for hydroxylation is 1. The van der Waals surface area contributed by atoms with Gasteiger partial charge >= 0.3 is 0 Å². The van der Waals surface area contributed by atoms with Gasteiger partial charge in [0, 0.05) is 11.8 Å². The van der Waals surface area contributed by atoms with Gasteiger partial charge in [0.15, 0.2) is 12.0 Å². The fourth-order valence-corrected chi connectivity index (χ4v) is 3.06. The second kappa shape index (κ2) is 11.4. The quantitative estimate of drug-likeness (QED) is 0.333. The van der Waals surface area contributed by atoms with Crippen molar-refractivity contribution < 1.29 is 23.1 Å². The number of furan rings is 1. The van der Waals surface area contributed by atoms with Gasteiger partial charge in [-0.2, -0.15) is 0 Å². The summed E-state index contributed by atoms with van der Waals surface area (Å²) in [5.41, 5.74) is 2.10. The number of ether oxygens (including phenoxy) is 1.